The Hall–Kier alpha value is -3.69. The molecule has 1 aliphatic heterocycles. The summed E-state index contributed by atoms with van der Waals surface area (Å²) < 4.78 is 6.65. The van der Waals surface area contributed by atoms with E-state index in [2.05, 4.69) is 27.1 Å². The van der Waals surface area contributed by atoms with Crippen molar-refractivity contribution in [1.29, 1.82) is 5.26 Å². The van der Waals surface area contributed by atoms with Gasteiger partial charge in [-0.05, 0) is 64.8 Å². The highest BCUT2D eigenvalue weighted by Crippen LogP contribution is 2.30. The molecule has 1 heterocycles. The van der Waals surface area contributed by atoms with Crippen LogP contribution in [0.4, 0.5) is 5.69 Å². The van der Waals surface area contributed by atoms with Crippen LogP contribution in [0.15, 0.2) is 87.9 Å². The lowest BCUT2D eigenvalue weighted by atomic mass is 10.1. The van der Waals surface area contributed by atoms with Gasteiger partial charge in [-0.25, -0.2) is 0 Å². The van der Waals surface area contributed by atoms with Crippen LogP contribution in [0.2, 0.25) is 0 Å². The van der Waals surface area contributed by atoms with Gasteiger partial charge in [-0.3, -0.25) is 4.79 Å². The molecule has 5 nitrogen and oxygen atoms in total. The number of para-hydroxylation sites is 1. The lowest BCUT2D eigenvalue weighted by molar-refractivity contribution is -0.114. The third-order valence-electron chi connectivity index (χ3n) is 4.85. The SMILES string of the molecule is CC1=NN(c2ccccc2)C(=O)/C1=C\c1ccc(OCc2ccccc2C#N)c(Br)c1. The topological polar surface area (TPSA) is 65.7 Å². The monoisotopic (exact) mass is 471 g/mol. The number of carbonyl (C=O) groups is 1. The van der Waals surface area contributed by atoms with Crippen LogP contribution in [-0.4, -0.2) is 11.6 Å². The summed E-state index contributed by atoms with van der Waals surface area (Å²) in [7, 11) is 0. The summed E-state index contributed by atoms with van der Waals surface area (Å²) in [5, 5.41) is 15.0. The number of hydrogen-bond acceptors (Lipinski definition) is 4. The zero-order valence-electron chi connectivity index (χ0n) is 16.7. The second kappa shape index (κ2) is 8.99. The number of nitrogens with zero attached hydrogens (tertiary/aromatic N) is 3. The second-order valence-corrected chi connectivity index (χ2v) is 7.80. The molecule has 0 radical (unpaired) electrons. The summed E-state index contributed by atoms with van der Waals surface area (Å²) in [6.45, 7) is 2.12. The van der Waals surface area contributed by atoms with Crippen LogP contribution in [0.5, 0.6) is 5.75 Å². The normalized spacial score (nSPS) is 14.5. The molecular formula is C25H18BrN3O2. The standard InChI is InChI=1S/C25H18BrN3O2/c1-17-22(25(30)29(28-17)21-9-3-2-4-10-21)13-18-11-12-24(23(26)14-18)31-16-20-8-6-5-7-19(20)15-27/h2-14H,16H2,1H3/b22-13-. The maximum absolute atomic E-state index is 12.9. The number of hydrogen-bond donors (Lipinski definition) is 0. The first-order chi connectivity index (χ1) is 15.1. The van der Waals surface area contributed by atoms with Crippen LogP contribution in [0.3, 0.4) is 0 Å². The Morgan fingerprint density at radius 3 is 2.58 bits per heavy atom. The number of nitriles is 1. The van der Waals surface area contributed by atoms with Gasteiger partial charge in [-0.15, -0.1) is 0 Å². The van der Waals surface area contributed by atoms with Crippen molar-refractivity contribution in [2.75, 3.05) is 5.01 Å². The van der Waals surface area contributed by atoms with Crippen molar-refractivity contribution in [3.05, 3.63) is 99.5 Å². The molecule has 152 valence electrons. The van der Waals surface area contributed by atoms with E-state index in [1.165, 1.54) is 5.01 Å². The van der Waals surface area contributed by atoms with E-state index < -0.39 is 0 Å². The van der Waals surface area contributed by atoms with Gasteiger partial charge >= 0.3 is 0 Å². The molecule has 0 unspecified atom stereocenters. The number of hydrazone groups is 1. The van der Waals surface area contributed by atoms with E-state index in [0.717, 1.165) is 21.3 Å². The van der Waals surface area contributed by atoms with E-state index in [4.69, 9.17) is 4.74 Å². The van der Waals surface area contributed by atoms with E-state index in [9.17, 15) is 10.1 Å². The minimum Gasteiger partial charge on any atom is -0.488 e. The second-order valence-electron chi connectivity index (χ2n) is 6.94. The van der Waals surface area contributed by atoms with Crippen LogP contribution in [0, 0.1) is 11.3 Å². The number of anilines is 1. The molecule has 0 N–H and O–H groups in total. The average Bonchev–Trinajstić information content (AvgIpc) is 3.07. The number of rotatable bonds is 5. The predicted molar refractivity (Wildman–Crippen MR) is 125 cm³/mol. The van der Waals surface area contributed by atoms with E-state index in [0.29, 0.717) is 29.2 Å². The van der Waals surface area contributed by atoms with E-state index in [-0.39, 0.29) is 5.91 Å². The first-order valence-corrected chi connectivity index (χ1v) is 10.4. The fraction of sp³-hybridized carbons (Fsp3) is 0.0800. The molecule has 0 aliphatic carbocycles. The Labute approximate surface area is 189 Å². The highest BCUT2D eigenvalue weighted by Gasteiger charge is 2.28. The number of benzene rings is 3. The smallest absolute Gasteiger partial charge is 0.280 e. The molecule has 0 bridgehead atoms. The molecule has 0 atom stereocenters. The van der Waals surface area contributed by atoms with Crippen molar-refractivity contribution in [3.63, 3.8) is 0 Å². The Balaban J connectivity index is 1.52. The van der Waals surface area contributed by atoms with Crippen molar-refractivity contribution in [2.45, 2.75) is 13.5 Å². The largest absolute Gasteiger partial charge is 0.488 e. The highest BCUT2D eigenvalue weighted by molar-refractivity contribution is 9.10. The fourth-order valence-electron chi connectivity index (χ4n) is 3.23. The molecule has 0 aromatic heterocycles. The molecule has 0 saturated carbocycles. The number of halogens is 1. The molecule has 1 aliphatic rings. The van der Waals surface area contributed by atoms with Gasteiger partial charge in [-0.2, -0.15) is 15.4 Å². The third kappa shape index (κ3) is 4.42. The van der Waals surface area contributed by atoms with Crippen molar-refractivity contribution >= 4 is 39.3 Å². The maximum Gasteiger partial charge on any atom is 0.280 e. The van der Waals surface area contributed by atoms with Crippen molar-refractivity contribution < 1.29 is 9.53 Å². The summed E-state index contributed by atoms with van der Waals surface area (Å²) in [5.74, 6) is 0.497. The number of ether oxygens (including phenoxy) is 1. The van der Waals surface area contributed by atoms with E-state index in [1.807, 2.05) is 79.7 Å². The number of amides is 1. The van der Waals surface area contributed by atoms with Gasteiger partial charge in [0.05, 0.1) is 33.1 Å². The third-order valence-corrected chi connectivity index (χ3v) is 5.47. The van der Waals surface area contributed by atoms with Crippen molar-refractivity contribution in [1.82, 2.24) is 0 Å². The van der Waals surface area contributed by atoms with Crippen LogP contribution in [-0.2, 0) is 11.4 Å². The van der Waals surface area contributed by atoms with Crippen LogP contribution >= 0.6 is 15.9 Å². The summed E-state index contributed by atoms with van der Waals surface area (Å²) >= 11 is 3.54. The first-order valence-electron chi connectivity index (χ1n) is 9.64. The van der Waals surface area contributed by atoms with E-state index in [1.54, 1.807) is 6.07 Å². The molecule has 31 heavy (non-hydrogen) atoms. The summed E-state index contributed by atoms with van der Waals surface area (Å²) in [6.07, 6.45) is 1.82. The van der Waals surface area contributed by atoms with Gasteiger partial charge in [0.1, 0.15) is 12.4 Å². The molecule has 0 fully saturated rings. The predicted octanol–water partition coefficient (Wildman–Crippen LogP) is 5.71. The summed E-state index contributed by atoms with van der Waals surface area (Å²) in [6, 6.07) is 24.5. The quantitative estimate of drug-likeness (QED) is 0.447. The van der Waals surface area contributed by atoms with Crippen LogP contribution < -0.4 is 9.75 Å². The molecule has 0 spiro atoms. The van der Waals surface area contributed by atoms with Crippen molar-refractivity contribution in [3.8, 4) is 11.8 Å². The van der Waals surface area contributed by atoms with Gasteiger partial charge in [0, 0.05) is 5.56 Å². The lowest BCUT2D eigenvalue weighted by Crippen LogP contribution is -2.21. The minimum atomic E-state index is -0.159. The van der Waals surface area contributed by atoms with Crippen LogP contribution in [0.25, 0.3) is 6.08 Å². The van der Waals surface area contributed by atoms with Gasteiger partial charge < -0.3 is 4.74 Å². The Kier molecular flexibility index (Phi) is 5.96. The number of carbonyl (C=O) groups excluding carboxylic acids is 1. The van der Waals surface area contributed by atoms with Gasteiger partial charge in [-0.1, -0.05) is 42.5 Å². The Morgan fingerprint density at radius 1 is 1.10 bits per heavy atom. The van der Waals surface area contributed by atoms with Crippen molar-refractivity contribution in [2.24, 2.45) is 5.10 Å². The van der Waals surface area contributed by atoms with Crippen LogP contribution in [0.1, 0.15) is 23.6 Å². The molecule has 3 aromatic carbocycles. The Bertz CT molecular complexity index is 1240. The minimum absolute atomic E-state index is 0.159. The molecule has 0 saturated heterocycles. The Morgan fingerprint density at radius 2 is 1.84 bits per heavy atom. The maximum atomic E-state index is 12.9. The molecule has 6 heteroatoms. The van der Waals surface area contributed by atoms with E-state index >= 15 is 0 Å². The molecular weight excluding hydrogens is 454 g/mol. The molecule has 4 rings (SSSR count). The lowest BCUT2D eigenvalue weighted by Gasteiger charge is -2.11. The van der Waals surface area contributed by atoms with Gasteiger partial charge in [0.2, 0.25) is 0 Å². The zero-order valence-corrected chi connectivity index (χ0v) is 18.3. The van der Waals surface area contributed by atoms with Gasteiger partial charge in [0.15, 0.2) is 0 Å². The fourth-order valence-corrected chi connectivity index (χ4v) is 3.74. The first kappa shape index (κ1) is 20.6. The molecule has 1 amide bonds. The molecule has 3 aromatic rings. The van der Waals surface area contributed by atoms with Gasteiger partial charge in [0.25, 0.3) is 5.91 Å². The summed E-state index contributed by atoms with van der Waals surface area (Å²) in [5.41, 5.74) is 4.22. The average molecular weight is 472 g/mol. The zero-order chi connectivity index (χ0) is 21.8. The summed E-state index contributed by atoms with van der Waals surface area (Å²) in [4.78, 5) is 12.9. The highest BCUT2D eigenvalue weighted by atomic mass is 79.9.